The van der Waals surface area contributed by atoms with Crippen LogP contribution in [0.1, 0.15) is 44.2 Å². The highest BCUT2D eigenvalue weighted by Crippen LogP contribution is 2.38. The summed E-state index contributed by atoms with van der Waals surface area (Å²) in [5, 5.41) is 6.14. The number of carbonyl (C=O) groups is 2. The zero-order valence-electron chi connectivity index (χ0n) is 18.5. The van der Waals surface area contributed by atoms with Gasteiger partial charge in [0.1, 0.15) is 0 Å². The van der Waals surface area contributed by atoms with Crippen molar-refractivity contribution in [2.75, 3.05) is 16.0 Å². The molecule has 1 aliphatic carbocycles. The molecule has 2 aliphatic rings. The van der Waals surface area contributed by atoms with Crippen molar-refractivity contribution in [2.24, 2.45) is 11.8 Å². The summed E-state index contributed by atoms with van der Waals surface area (Å²) >= 11 is 1.55. The predicted octanol–water partition coefficient (Wildman–Crippen LogP) is 5.58. The Morgan fingerprint density at radius 1 is 1.13 bits per heavy atom. The van der Waals surface area contributed by atoms with Gasteiger partial charge >= 0.3 is 6.03 Å². The third-order valence-corrected chi connectivity index (χ3v) is 7.69. The molecule has 164 valence electrons. The first kappa shape index (κ1) is 21.8. The Morgan fingerprint density at radius 3 is 2.68 bits per heavy atom. The molecule has 4 rings (SSSR count). The van der Waals surface area contributed by atoms with E-state index in [9.17, 15) is 9.59 Å². The number of rotatable bonds is 4. The second kappa shape index (κ2) is 9.35. The second-order valence-electron chi connectivity index (χ2n) is 8.91. The topological polar surface area (TPSA) is 61.4 Å². The summed E-state index contributed by atoms with van der Waals surface area (Å²) in [7, 11) is 0. The van der Waals surface area contributed by atoms with Crippen molar-refractivity contribution < 1.29 is 9.59 Å². The number of nitrogens with one attached hydrogen (secondary N) is 2. The van der Waals surface area contributed by atoms with E-state index < -0.39 is 0 Å². The average Bonchev–Trinajstić information content (AvgIpc) is 2.75. The molecule has 3 unspecified atom stereocenters. The Kier molecular flexibility index (Phi) is 6.56. The number of amides is 3. The number of carbonyl (C=O) groups excluding carboxylic acids is 2. The van der Waals surface area contributed by atoms with Gasteiger partial charge in [0.05, 0.1) is 18.0 Å². The first-order valence-corrected chi connectivity index (χ1v) is 12.1. The molecular formula is C25H31N3O2S. The minimum atomic E-state index is -0.175. The van der Waals surface area contributed by atoms with Gasteiger partial charge in [-0.2, -0.15) is 0 Å². The average molecular weight is 438 g/mol. The molecule has 2 aromatic rings. The number of benzene rings is 2. The normalized spacial score (nSPS) is 23.3. The van der Waals surface area contributed by atoms with E-state index in [-0.39, 0.29) is 18.0 Å². The van der Waals surface area contributed by atoms with Crippen LogP contribution in [0.25, 0.3) is 0 Å². The van der Waals surface area contributed by atoms with Crippen molar-refractivity contribution in [1.29, 1.82) is 0 Å². The quantitative estimate of drug-likeness (QED) is 0.656. The van der Waals surface area contributed by atoms with E-state index in [2.05, 4.69) is 55.7 Å². The van der Waals surface area contributed by atoms with E-state index in [1.54, 1.807) is 11.8 Å². The maximum atomic E-state index is 12.7. The Hall–Kier alpha value is -2.47. The van der Waals surface area contributed by atoms with E-state index in [0.29, 0.717) is 29.8 Å². The number of aryl methyl sites for hydroxylation is 1. The number of hydrogen-bond acceptors (Lipinski definition) is 3. The molecule has 1 fully saturated rings. The third kappa shape index (κ3) is 5.06. The molecule has 0 bridgehead atoms. The van der Waals surface area contributed by atoms with Gasteiger partial charge in [0.2, 0.25) is 5.91 Å². The largest absolute Gasteiger partial charge is 0.335 e. The highest BCUT2D eigenvalue weighted by molar-refractivity contribution is 8.00. The molecule has 0 spiro atoms. The lowest BCUT2D eigenvalue weighted by molar-refractivity contribution is -0.116. The molecule has 3 amide bonds. The van der Waals surface area contributed by atoms with Gasteiger partial charge in [0, 0.05) is 16.6 Å². The molecule has 2 N–H and O–H groups in total. The molecule has 5 nitrogen and oxygen atoms in total. The van der Waals surface area contributed by atoms with Crippen LogP contribution < -0.4 is 15.5 Å². The van der Waals surface area contributed by atoms with Crippen LogP contribution in [0.2, 0.25) is 0 Å². The Bertz CT molecular complexity index is 960. The molecule has 0 aromatic heterocycles. The molecule has 0 saturated heterocycles. The van der Waals surface area contributed by atoms with E-state index in [0.717, 1.165) is 29.0 Å². The number of urea groups is 1. The lowest BCUT2D eigenvalue weighted by Gasteiger charge is -2.34. The molecule has 6 heteroatoms. The van der Waals surface area contributed by atoms with Crippen LogP contribution in [0, 0.1) is 18.8 Å². The van der Waals surface area contributed by atoms with Gasteiger partial charge in [-0.25, -0.2) is 4.79 Å². The fraction of sp³-hybridized carbons (Fsp3) is 0.440. The molecule has 3 atom stereocenters. The second-order valence-corrected chi connectivity index (χ2v) is 9.93. The Labute approximate surface area is 189 Å². The summed E-state index contributed by atoms with van der Waals surface area (Å²) in [5.74, 6) is 1.62. The lowest BCUT2D eigenvalue weighted by Crippen LogP contribution is -2.45. The van der Waals surface area contributed by atoms with Gasteiger partial charge < -0.3 is 15.5 Å². The SMILES string of the molecule is Cc1ccc(CN2C(=O)CSc3ccc(NC(=O)NC4CCCC(C)C4C)cc32)cc1. The molecule has 2 aromatic carbocycles. The fourth-order valence-electron chi connectivity index (χ4n) is 4.45. The first-order chi connectivity index (χ1) is 14.9. The van der Waals surface area contributed by atoms with E-state index in [1.165, 1.54) is 12.0 Å². The Balaban J connectivity index is 1.48. The van der Waals surface area contributed by atoms with Gasteiger partial charge in [0.25, 0.3) is 0 Å². The maximum absolute atomic E-state index is 12.7. The molecular weight excluding hydrogens is 406 g/mol. The van der Waals surface area contributed by atoms with E-state index in [1.807, 2.05) is 23.1 Å². The van der Waals surface area contributed by atoms with Crippen molar-refractivity contribution in [3.05, 3.63) is 53.6 Å². The summed E-state index contributed by atoms with van der Waals surface area (Å²) in [5.41, 5.74) is 3.86. The first-order valence-electron chi connectivity index (χ1n) is 11.1. The summed E-state index contributed by atoms with van der Waals surface area (Å²) in [4.78, 5) is 28.2. The zero-order valence-corrected chi connectivity index (χ0v) is 19.3. The van der Waals surface area contributed by atoms with Gasteiger partial charge in [-0.1, -0.05) is 56.5 Å². The smallest absolute Gasteiger partial charge is 0.319 e. The van der Waals surface area contributed by atoms with Gasteiger partial charge in [0.15, 0.2) is 0 Å². The highest BCUT2D eigenvalue weighted by Gasteiger charge is 2.29. The van der Waals surface area contributed by atoms with E-state index in [4.69, 9.17) is 0 Å². The maximum Gasteiger partial charge on any atom is 0.319 e. The van der Waals surface area contributed by atoms with Gasteiger partial charge in [-0.3, -0.25) is 4.79 Å². The summed E-state index contributed by atoms with van der Waals surface area (Å²) in [6.07, 6.45) is 3.41. The molecule has 1 heterocycles. The standard InChI is InChI=1S/C25H31N3O2S/c1-16-7-9-19(10-8-16)14-28-22-13-20(11-12-23(22)31-15-24(28)29)26-25(30)27-21-6-4-5-17(2)18(21)3/h7-13,17-18,21H,4-6,14-15H2,1-3H3,(H2,26,27,30). The highest BCUT2D eigenvalue weighted by atomic mass is 32.2. The van der Waals surface area contributed by atoms with Crippen molar-refractivity contribution in [3.8, 4) is 0 Å². The van der Waals surface area contributed by atoms with Crippen LogP contribution in [0.4, 0.5) is 16.2 Å². The third-order valence-electron chi connectivity index (χ3n) is 6.64. The minimum absolute atomic E-state index is 0.0877. The molecule has 0 radical (unpaired) electrons. The van der Waals surface area contributed by atoms with Crippen LogP contribution in [-0.2, 0) is 11.3 Å². The number of nitrogens with zero attached hydrogens (tertiary/aromatic N) is 1. The van der Waals surface area contributed by atoms with Crippen molar-refractivity contribution >= 4 is 35.1 Å². The van der Waals surface area contributed by atoms with Crippen molar-refractivity contribution in [1.82, 2.24) is 5.32 Å². The number of thioether (sulfide) groups is 1. The monoisotopic (exact) mass is 437 g/mol. The van der Waals surface area contributed by atoms with Crippen LogP contribution in [0.15, 0.2) is 47.4 Å². The van der Waals surface area contributed by atoms with Crippen LogP contribution in [-0.4, -0.2) is 23.7 Å². The summed E-state index contributed by atoms with van der Waals surface area (Å²) in [6, 6.07) is 14.1. The molecule has 1 saturated carbocycles. The predicted molar refractivity (Wildman–Crippen MR) is 128 cm³/mol. The zero-order chi connectivity index (χ0) is 22.0. The fourth-order valence-corrected chi connectivity index (χ4v) is 5.37. The van der Waals surface area contributed by atoms with Gasteiger partial charge in [-0.15, -0.1) is 11.8 Å². The summed E-state index contributed by atoms with van der Waals surface area (Å²) < 4.78 is 0. The number of hydrogen-bond donors (Lipinski definition) is 2. The number of anilines is 2. The van der Waals surface area contributed by atoms with Crippen LogP contribution in [0.5, 0.6) is 0 Å². The minimum Gasteiger partial charge on any atom is -0.335 e. The summed E-state index contributed by atoms with van der Waals surface area (Å²) in [6.45, 7) is 7.07. The lowest BCUT2D eigenvalue weighted by atomic mass is 9.78. The van der Waals surface area contributed by atoms with Crippen molar-refractivity contribution in [2.45, 2.75) is 57.5 Å². The Morgan fingerprint density at radius 2 is 1.90 bits per heavy atom. The molecule has 1 aliphatic heterocycles. The van der Waals surface area contributed by atoms with Crippen molar-refractivity contribution in [3.63, 3.8) is 0 Å². The van der Waals surface area contributed by atoms with Gasteiger partial charge in [-0.05, 0) is 48.9 Å². The van der Waals surface area contributed by atoms with Crippen LogP contribution >= 0.6 is 11.8 Å². The molecule has 31 heavy (non-hydrogen) atoms. The van der Waals surface area contributed by atoms with E-state index >= 15 is 0 Å². The van der Waals surface area contributed by atoms with Crippen LogP contribution in [0.3, 0.4) is 0 Å². The number of fused-ring (bicyclic) bond motifs is 1.